The van der Waals surface area contributed by atoms with Crippen LogP contribution in [0.3, 0.4) is 0 Å². The minimum atomic E-state index is -0.293. The highest BCUT2D eigenvalue weighted by Gasteiger charge is 2.10. The van der Waals surface area contributed by atoms with Gasteiger partial charge in [0, 0.05) is 32.1 Å². The molecule has 0 heterocycles. The van der Waals surface area contributed by atoms with Gasteiger partial charge in [0.25, 0.3) is 0 Å². The Morgan fingerprint density at radius 2 is 1.58 bits per heavy atom. The van der Waals surface area contributed by atoms with E-state index in [0.717, 1.165) is 17.8 Å². The van der Waals surface area contributed by atoms with Gasteiger partial charge in [-0.3, -0.25) is 0 Å². The molecule has 0 aliphatic heterocycles. The molecular formula is C18H35N3O2S. The fourth-order valence-corrected chi connectivity index (χ4v) is 1.86. The summed E-state index contributed by atoms with van der Waals surface area (Å²) in [4.78, 5) is 15.4. The number of rotatable bonds is 7. The lowest BCUT2D eigenvalue weighted by molar-refractivity contribution is 0.102. The molecule has 0 saturated carbocycles. The Bertz CT molecular complexity index is 411. The van der Waals surface area contributed by atoms with Gasteiger partial charge in [-0.15, -0.1) is 0 Å². The quantitative estimate of drug-likeness (QED) is 0.725. The van der Waals surface area contributed by atoms with Crippen molar-refractivity contribution in [1.29, 1.82) is 0 Å². The minimum Gasteiger partial charge on any atom is -0.445 e. The highest BCUT2D eigenvalue weighted by Crippen LogP contribution is 2.13. The molecule has 0 aliphatic carbocycles. The smallest absolute Gasteiger partial charge is 0.409 e. The van der Waals surface area contributed by atoms with Crippen LogP contribution in [0.15, 0.2) is 24.3 Å². The van der Waals surface area contributed by atoms with E-state index in [0.29, 0.717) is 13.2 Å². The summed E-state index contributed by atoms with van der Waals surface area (Å²) in [6.45, 7) is 9.77. The van der Waals surface area contributed by atoms with Crippen LogP contribution in [-0.4, -0.2) is 56.4 Å². The Kier molecular flexibility index (Phi) is 17.0. The molecule has 0 bridgehead atoms. The van der Waals surface area contributed by atoms with Crippen LogP contribution in [0.25, 0.3) is 0 Å². The van der Waals surface area contributed by atoms with Gasteiger partial charge in [0.2, 0.25) is 0 Å². The third-order valence-corrected chi connectivity index (χ3v) is 3.17. The normalized spacial score (nSPS) is 9.21. The molecule has 1 rings (SSSR count). The van der Waals surface area contributed by atoms with Crippen molar-refractivity contribution in [2.75, 3.05) is 45.2 Å². The molecule has 140 valence electrons. The van der Waals surface area contributed by atoms with Crippen LogP contribution in [-0.2, 0) is 11.3 Å². The van der Waals surface area contributed by atoms with Gasteiger partial charge in [0.1, 0.15) is 6.61 Å². The van der Waals surface area contributed by atoms with E-state index in [1.54, 1.807) is 23.9 Å². The van der Waals surface area contributed by atoms with Gasteiger partial charge in [0.15, 0.2) is 0 Å². The summed E-state index contributed by atoms with van der Waals surface area (Å²) in [5.41, 5.74) is 2.02. The lowest BCUT2D eigenvalue weighted by atomic mass is 10.2. The van der Waals surface area contributed by atoms with Crippen LogP contribution in [0.5, 0.6) is 0 Å². The zero-order valence-corrected chi connectivity index (χ0v) is 17.4. The lowest BCUT2D eigenvalue weighted by Crippen LogP contribution is -2.33. The molecule has 0 aliphatic rings. The molecule has 1 N–H and O–H groups in total. The number of hydrogen-bond acceptors (Lipinski definition) is 5. The summed E-state index contributed by atoms with van der Waals surface area (Å²) in [7, 11) is 5.70. The number of amides is 1. The summed E-state index contributed by atoms with van der Waals surface area (Å²) in [6, 6.07) is 7.84. The number of ether oxygens (including phenoxy) is 1. The predicted octanol–water partition coefficient (Wildman–Crippen LogP) is 4.56. The predicted molar refractivity (Wildman–Crippen MR) is 108 cm³/mol. The Labute approximate surface area is 152 Å². The topological polar surface area (TPSA) is 44.8 Å². The number of carbonyl (C=O) groups is 1. The maximum Gasteiger partial charge on any atom is 0.409 e. The number of benzene rings is 1. The average Bonchev–Trinajstić information content (AvgIpc) is 2.62. The third kappa shape index (κ3) is 12.1. The van der Waals surface area contributed by atoms with E-state index < -0.39 is 0 Å². The van der Waals surface area contributed by atoms with Crippen molar-refractivity contribution in [3.05, 3.63) is 29.8 Å². The monoisotopic (exact) mass is 357 g/mol. The van der Waals surface area contributed by atoms with Crippen LogP contribution in [0, 0.1) is 0 Å². The van der Waals surface area contributed by atoms with Crippen molar-refractivity contribution in [3.63, 3.8) is 0 Å². The molecule has 1 amide bonds. The lowest BCUT2D eigenvalue weighted by Gasteiger charge is -2.19. The first-order valence-corrected chi connectivity index (χ1v) is 9.66. The van der Waals surface area contributed by atoms with Gasteiger partial charge in [-0.1, -0.05) is 51.8 Å². The summed E-state index contributed by atoms with van der Waals surface area (Å²) < 4.78 is 8.41. The van der Waals surface area contributed by atoms with E-state index in [4.69, 9.17) is 4.74 Å². The second-order valence-electron chi connectivity index (χ2n) is 4.78. The largest absolute Gasteiger partial charge is 0.445 e. The number of carbonyl (C=O) groups excluding carboxylic acids is 1. The van der Waals surface area contributed by atoms with Crippen molar-refractivity contribution >= 4 is 23.7 Å². The molecule has 24 heavy (non-hydrogen) atoms. The van der Waals surface area contributed by atoms with Crippen LogP contribution < -0.4 is 4.72 Å². The fraction of sp³-hybridized carbons (Fsp3) is 0.611. The van der Waals surface area contributed by atoms with Crippen LogP contribution >= 0.6 is 11.9 Å². The van der Waals surface area contributed by atoms with Gasteiger partial charge in [-0.05, 0) is 31.8 Å². The molecule has 0 unspecified atom stereocenters. The molecule has 6 heteroatoms. The molecule has 1 aromatic rings. The van der Waals surface area contributed by atoms with E-state index in [9.17, 15) is 4.79 Å². The second-order valence-corrected chi connectivity index (χ2v) is 5.39. The molecule has 0 spiro atoms. The number of likely N-dealkylation sites (N-methyl/N-ethyl adjacent to an activating group) is 2. The van der Waals surface area contributed by atoms with Gasteiger partial charge < -0.3 is 19.3 Å². The van der Waals surface area contributed by atoms with Crippen LogP contribution in [0.2, 0.25) is 0 Å². The Morgan fingerprint density at radius 3 is 2.04 bits per heavy atom. The first-order valence-electron chi connectivity index (χ1n) is 8.43. The van der Waals surface area contributed by atoms with Gasteiger partial charge in [0.05, 0.1) is 0 Å². The fourth-order valence-electron chi connectivity index (χ4n) is 1.48. The van der Waals surface area contributed by atoms with E-state index in [-0.39, 0.29) is 6.09 Å². The molecule has 0 atom stereocenters. The van der Waals surface area contributed by atoms with Crippen molar-refractivity contribution in [1.82, 2.24) is 9.80 Å². The number of nitrogens with zero attached hydrogens (tertiary/aromatic N) is 2. The average molecular weight is 358 g/mol. The van der Waals surface area contributed by atoms with Crippen molar-refractivity contribution in [2.45, 2.75) is 34.3 Å². The number of anilines is 1. The van der Waals surface area contributed by atoms with E-state index in [1.165, 1.54) is 0 Å². The standard InChI is InChI=1S/C14H23N3O2S.2C2H6/c1-16(2)9-10-17(3)14(18)19-11-12-5-7-13(8-6-12)15-20-4;2*1-2/h5-8,15H,9-11H2,1-4H3;2*1-2H3. The molecule has 0 aromatic heterocycles. The first-order chi connectivity index (χ1) is 11.5. The molecule has 1 aromatic carbocycles. The van der Waals surface area contributed by atoms with Gasteiger partial charge in [-0.2, -0.15) is 0 Å². The maximum atomic E-state index is 11.8. The highest BCUT2D eigenvalue weighted by molar-refractivity contribution is 7.99. The minimum absolute atomic E-state index is 0.293. The van der Waals surface area contributed by atoms with Gasteiger partial charge >= 0.3 is 6.09 Å². The zero-order valence-electron chi connectivity index (χ0n) is 16.5. The third-order valence-electron chi connectivity index (χ3n) is 2.73. The first kappa shape index (κ1) is 24.8. The van der Waals surface area contributed by atoms with E-state index in [1.807, 2.05) is 77.2 Å². The highest BCUT2D eigenvalue weighted by atomic mass is 32.2. The Hall–Kier alpha value is -1.40. The molecule has 0 radical (unpaired) electrons. The summed E-state index contributed by atoms with van der Waals surface area (Å²) in [5.74, 6) is 0. The second kappa shape index (κ2) is 16.5. The van der Waals surface area contributed by atoms with E-state index >= 15 is 0 Å². The van der Waals surface area contributed by atoms with E-state index in [2.05, 4.69) is 4.72 Å². The molecule has 0 saturated heterocycles. The number of nitrogens with one attached hydrogen (secondary N) is 1. The maximum absolute atomic E-state index is 11.8. The summed E-state index contributed by atoms with van der Waals surface area (Å²) in [6.07, 6.45) is 1.68. The van der Waals surface area contributed by atoms with Crippen LogP contribution in [0.4, 0.5) is 10.5 Å². The van der Waals surface area contributed by atoms with Crippen LogP contribution in [0.1, 0.15) is 33.3 Å². The van der Waals surface area contributed by atoms with Crippen molar-refractivity contribution < 1.29 is 9.53 Å². The Balaban J connectivity index is 0. The molecular weight excluding hydrogens is 322 g/mol. The van der Waals surface area contributed by atoms with Crippen molar-refractivity contribution in [3.8, 4) is 0 Å². The number of hydrogen-bond donors (Lipinski definition) is 1. The molecule has 5 nitrogen and oxygen atoms in total. The summed E-state index contributed by atoms with van der Waals surface area (Å²) in [5, 5.41) is 0. The summed E-state index contributed by atoms with van der Waals surface area (Å²) >= 11 is 1.54. The van der Waals surface area contributed by atoms with Gasteiger partial charge in [-0.25, -0.2) is 4.79 Å². The van der Waals surface area contributed by atoms with Crippen molar-refractivity contribution in [2.24, 2.45) is 0 Å². The molecule has 0 fully saturated rings. The Morgan fingerprint density at radius 1 is 1.04 bits per heavy atom. The SMILES string of the molecule is CC.CC.CSNc1ccc(COC(=O)N(C)CCN(C)C)cc1. The zero-order chi connectivity index (χ0) is 19.0.